The second kappa shape index (κ2) is 9.57. The smallest absolute Gasteiger partial charge is 0.329 e. The van der Waals surface area contributed by atoms with E-state index in [1.54, 1.807) is 0 Å². The van der Waals surface area contributed by atoms with Gasteiger partial charge in [-0.25, -0.2) is 9.59 Å². The number of urea groups is 1. The Morgan fingerprint density at radius 1 is 1.12 bits per heavy atom. The van der Waals surface area contributed by atoms with Crippen molar-refractivity contribution in [3.8, 4) is 0 Å². The molecule has 0 saturated carbocycles. The van der Waals surface area contributed by atoms with Crippen molar-refractivity contribution >= 4 is 29.2 Å². The first kappa shape index (κ1) is 19.5. The molecule has 0 radical (unpaired) electrons. The quantitative estimate of drug-likeness (QED) is 0.610. The van der Waals surface area contributed by atoms with Gasteiger partial charge in [0.15, 0.2) is 6.61 Å². The minimum Gasteiger partial charge on any atom is -0.454 e. The minimum atomic E-state index is -0.961. The SMILES string of the molecule is C[C@H](NC(=O)COC(=O)[C@H](Cc1ccccc1)NC(N)=O)c1cccs1. The number of thiophene rings is 1. The maximum atomic E-state index is 12.2. The molecule has 8 heteroatoms. The normalized spacial score (nSPS) is 12.7. The fourth-order valence-electron chi connectivity index (χ4n) is 2.34. The summed E-state index contributed by atoms with van der Waals surface area (Å²) in [6.45, 7) is 1.42. The van der Waals surface area contributed by atoms with Crippen molar-refractivity contribution in [2.24, 2.45) is 5.73 Å². The minimum absolute atomic E-state index is 0.176. The van der Waals surface area contributed by atoms with Crippen molar-refractivity contribution in [2.75, 3.05) is 6.61 Å². The van der Waals surface area contributed by atoms with Crippen LogP contribution >= 0.6 is 11.3 Å². The van der Waals surface area contributed by atoms with Crippen LogP contribution in [-0.4, -0.2) is 30.6 Å². The third-order valence-corrected chi connectivity index (χ3v) is 4.63. The number of carbonyl (C=O) groups excluding carboxylic acids is 3. The van der Waals surface area contributed by atoms with Gasteiger partial charge in [-0.15, -0.1) is 11.3 Å². The summed E-state index contributed by atoms with van der Waals surface area (Å²) in [5, 5.41) is 7.02. The zero-order valence-electron chi connectivity index (χ0n) is 14.3. The summed E-state index contributed by atoms with van der Waals surface area (Å²) in [5.74, 6) is -1.14. The molecular formula is C18H21N3O4S. The molecule has 0 aliphatic heterocycles. The topological polar surface area (TPSA) is 111 Å². The van der Waals surface area contributed by atoms with E-state index in [2.05, 4.69) is 10.6 Å². The Morgan fingerprint density at radius 2 is 1.85 bits per heavy atom. The molecule has 0 fully saturated rings. The molecule has 2 rings (SSSR count). The van der Waals surface area contributed by atoms with Crippen LogP contribution in [0.15, 0.2) is 47.8 Å². The lowest BCUT2D eigenvalue weighted by molar-refractivity contribution is -0.150. The molecule has 7 nitrogen and oxygen atoms in total. The van der Waals surface area contributed by atoms with Crippen LogP contribution in [0.3, 0.4) is 0 Å². The van der Waals surface area contributed by atoms with Crippen LogP contribution in [0.1, 0.15) is 23.4 Å². The van der Waals surface area contributed by atoms with Crippen LogP contribution in [0.2, 0.25) is 0 Å². The van der Waals surface area contributed by atoms with Gasteiger partial charge in [-0.1, -0.05) is 36.4 Å². The van der Waals surface area contributed by atoms with Gasteiger partial charge in [-0.2, -0.15) is 0 Å². The lowest BCUT2D eigenvalue weighted by atomic mass is 10.1. The van der Waals surface area contributed by atoms with Gasteiger partial charge in [-0.05, 0) is 23.9 Å². The van der Waals surface area contributed by atoms with Gasteiger partial charge < -0.3 is 21.1 Å². The van der Waals surface area contributed by atoms with E-state index in [-0.39, 0.29) is 12.5 Å². The Bertz CT molecular complexity index is 734. The largest absolute Gasteiger partial charge is 0.454 e. The molecule has 0 spiro atoms. The third kappa shape index (κ3) is 6.21. The van der Waals surface area contributed by atoms with Crippen LogP contribution in [0.4, 0.5) is 4.79 Å². The first-order chi connectivity index (χ1) is 12.5. The second-order valence-corrected chi connectivity index (χ2v) is 6.64. The zero-order chi connectivity index (χ0) is 18.9. The van der Waals surface area contributed by atoms with Gasteiger partial charge in [-0.3, -0.25) is 4.79 Å². The fraction of sp³-hybridized carbons (Fsp3) is 0.278. The molecule has 4 N–H and O–H groups in total. The van der Waals surface area contributed by atoms with Crippen LogP contribution < -0.4 is 16.4 Å². The molecule has 138 valence electrons. The van der Waals surface area contributed by atoms with E-state index in [0.29, 0.717) is 0 Å². The standard InChI is InChI=1S/C18H21N3O4S/c1-12(15-8-5-9-26-15)20-16(22)11-25-17(23)14(21-18(19)24)10-13-6-3-2-4-7-13/h2-9,12,14H,10-11H2,1H3,(H,20,22)(H3,19,21,24)/t12-,14-/m0/s1. The van der Waals surface area contributed by atoms with Crippen molar-refractivity contribution in [2.45, 2.75) is 25.4 Å². The third-order valence-electron chi connectivity index (χ3n) is 3.58. The molecule has 0 aliphatic carbocycles. The predicted octanol–water partition coefficient (Wildman–Crippen LogP) is 1.75. The van der Waals surface area contributed by atoms with E-state index in [0.717, 1.165) is 10.4 Å². The fourth-order valence-corrected chi connectivity index (χ4v) is 3.08. The summed E-state index contributed by atoms with van der Waals surface area (Å²) in [7, 11) is 0. The van der Waals surface area contributed by atoms with E-state index in [4.69, 9.17) is 10.5 Å². The van der Waals surface area contributed by atoms with Gasteiger partial charge >= 0.3 is 12.0 Å². The summed E-state index contributed by atoms with van der Waals surface area (Å²) in [6.07, 6.45) is 0.218. The lowest BCUT2D eigenvalue weighted by Crippen LogP contribution is -2.46. The highest BCUT2D eigenvalue weighted by molar-refractivity contribution is 7.10. The highest BCUT2D eigenvalue weighted by atomic mass is 32.1. The summed E-state index contributed by atoms with van der Waals surface area (Å²) < 4.78 is 5.04. The molecule has 0 unspecified atom stereocenters. The molecule has 1 aromatic carbocycles. The van der Waals surface area contributed by atoms with Gasteiger partial charge in [0.05, 0.1) is 6.04 Å². The van der Waals surface area contributed by atoms with Crippen LogP contribution in [0, 0.1) is 0 Å². The van der Waals surface area contributed by atoms with E-state index in [1.165, 1.54) is 11.3 Å². The lowest BCUT2D eigenvalue weighted by Gasteiger charge is -2.17. The number of carbonyl (C=O) groups is 3. The van der Waals surface area contributed by atoms with Gasteiger partial charge in [0.1, 0.15) is 6.04 Å². The molecule has 2 atom stereocenters. The zero-order valence-corrected chi connectivity index (χ0v) is 15.1. The first-order valence-corrected chi connectivity index (χ1v) is 8.93. The molecule has 26 heavy (non-hydrogen) atoms. The number of primary amides is 1. The number of nitrogens with one attached hydrogen (secondary N) is 2. The van der Waals surface area contributed by atoms with E-state index >= 15 is 0 Å². The van der Waals surface area contributed by atoms with Crippen molar-refractivity contribution in [3.63, 3.8) is 0 Å². The number of ether oxygens (including phenoxy) is 1. The van der Waals surface area contributed by atoms with Crippen LogP contribution in [-0.2, 0) is 20.7 Å². The van der Waals surface area contributed by atoms with Gasteiger partial charge in [0.25, 0.3) is 5.91 Å². The highest BCUT2D eigenvalue weighted by Crippen LogP contribution is 2.17. The average Bonchev–Trinajstić information content (AvgIpc) is 3.14. The Labute approximate surface area is 155 Å². The number of hydrogen-bond donors (Lipinski definition) is 3. The number of benzene rings is 1. The summed E-state index contributed by atoms with van der Waals surface area (Å²) >= 11 is 1.53. The van der Waals surface area contributed by atoms with E-state index in [9.17, 15) is 14.4 Å². The molecule has 0 bridgehead atoms. The Hall–Kier alpha value is -2.87. The van der Waals surface area contributed by atoms with Crippen molar-refractivity contribution in [1.82, 2.24) is 10.6 Å². The number of rotatable bonds is 8. The van der Waals surface area contributed by atoms with E-state index < -0.39 is 30.6 Å². The molecular weight excluding hydrogens is 354 g/mol. The molecule has 2 aromatic rings. The molecule has 1 heterocycles. The molecule has 1 aromatic heterocycles. The van der Waals surface area contributed by atoms with Crippen molar-refractivity contribution in [1.29, 1.82) is 0 Å². The van der Waals surface area contributed by atoms with E-state index in [1.807, 2.05) is 54.8 Å². The van der Waals surface area contributed by atoms with Crippen molar-refractivity contribution < 1.29 is 19.1 Å². The molecule has 0 aliphatic rings. The van der Waals surface area contributed by atoms with Crippen molar-refractivity contribution in [3.05, 3.63) is 58.3 Å². The number of nitrogens with two attached hydrogens (primary N) is 1. The Morgan fingerprint density at radius 3 is 2.46 bits per heavy atom. The Balaban J connectivity index is 1.87. The maximum absolute atomic E-state index is 12.2. The predicted molar refractivity (Wildman–Crippen MR) is 98.5 cm³/mol. The van der Waals surface area contributed by atoms with Gasteiger partial charge in [0, 0.05) is 11.3 Å². The number of esters is 1. The monoisotopic (exact) mass is 375 g/mol. The maximum Gasteiger partial charge on any atom is 0.329 e. The Kier molecular flexibility index (Phi) is 7.16. The van der Waals surface area contributed by atoms with Gasteiger partial charge in [0.2, 0.25) is 0 Å². The molecule has 0 saturated heterocycles. The summed E-state index contributed by atoms with van der Waals surface area (Å²) in [6, 6.07) is 11.0. The summed E-state index contributed by atoms with van der Waals surface area (Å²) in [4.78, 5) is 36.3. The second-order valence-electron chi connectivity index (χ2n) is 5.66. The summed E-state index contributed by atoms with van der Waals surface area (Å²) in [5.41, 5.74) is 5.96. The number of hydrogen-bond acceptors (Lipinski definition) is 5. The van der Waals surface area contributed by atoms with Crippen LogP contribution in [0.5, 0.6) is 0 Å². The van der Waals surface area contributed by atoms with Crippen LogP contribution in [0.25, 0.3) is 0 Å². The highest BCUT2D eigenvalue weighted by Gasteiger charge is 2.23. The average molecular weight is 375 g/mol. The molecule has 3 amide bonds. The first-order valence-electron chi connectivity index (χ1n) is 8.05. The number of amides is 3.